The van der Waals surface area contributed by atoms with Gasteiger partial charge in [-0.25, -0.2) is 0 Å². The topological polar surface area (TPSA) is 0 Å². The molecule has 0 unspecified atom stereocenters. The molecular weight excluding hydrogens is 228 g/mol. The number of rotatable bonds is 12. The third kappa shape index (κ3) is 9.52. The molecule has 0 aromatic rings. The zero-order valence-corrected chi connectivity index (χ0v) is 14.7. The molecule has 0 nitrogen and oxygen atoms in total. The molecule has 0 saturated heterocycles. The van der Waals surface area contributed by atoms with E-state index in [9.17, 15) is 0 Å². The van der Waals surface area contributed by atoms with E-state index in [0.29, 0.717) is 5.41 Å². The van der Waals surface area contributed by atoms with Crippen molar-refractivity contribution in [3.05, 3.63) is 0 Å². The Bertz CT molecular complexity index is 164. The third-order valence-corrected chi connectivity index (χ3v) is 5.24. The van der Waals surface area contributed by atoms with Crippen LogP contribution in [0.2, 0.25) is 0 Å². The molecule has 0 amide bonds. The van der Waals surface area contributed by atoms with Crippen LogP contribution < -0.4 is 0 Å². The van der Waals surface area contributed by atoms with Crippen molar-refractivity contribution in [3.8, 4) is 0 Å². The maximum Gasteiger partial charge on any atom is -0.0354 e. The van der Waals surface area contributed by atoms with E-state index in [1.165, 1.54) is 64.2 Å². The van der Waals surface area contributed by atoms with Crippen molar-refractivity contribution in [2.75, 3.05) is 0 Å². The van der Waals surface area contributed by atoms with Crippen LogP contribution in [0.1, 0.15) is 106 Å². The maximum atomic E-state index is 2.48. The van der Waals surface area contributed by atoms with Crippen molar-refractivity contribution in [1.82, 2.24) is 0 Å². The van der Waals surface area contributed by atoms with Crippen LogP contribution in [0.15, 0.2) is 0 Å². The van der Waals surface area contributed by atoms with Crippen molar-refractivity contribution >= 4 is 0 Å². The first-order valence-electron chi connectivity index (χ1n) is 8.99. The molecule has 19 heavy (non-hydrogen) atoms. The van der Waals surface area contributed by atoms with Gasteiger partial charge in [0, 0.05) is 0 Å². The van der Waals surface area contributed by atoms with Crippen molar-refractivity contribution in [2.24, 2.45) is 17.3 Å². The Balaban J connectivity index is 3.79. The van der Waals surface area contributed by atoms with Gasteiger partial charge < -0.3 is 0 Å². The van der Waals surface area contributed by atoms with E-state index in [1.807, 2.05) is 0 Å². The highest BCUT2D eigenvalue weighted by molar-refractivity contribution is 4.70. The fraction of sp³-hybridized carbons (Fsp3) is 1.00. The lowest BCUT2D eigenvalue weighted by molar-refractivity contribution is 0.262. The summed E-state index contributed by atoms with van der Waals surface area (Å²) >= 11 is 0. The average molecular weight is 269 g/mol. The molecule has 116 valence electrons. The van der Waals surface area contributed by atoms with Crippen LogP contribution in [-0.4, -0.2) is 0 Å². The molecule has 0 aliphatic carbocycles. The van der Waals surface area contributed by atoms with E-state index in [0.717, 1.165) is 11.8 Å². The van der Waals surface area contributed by atoms with E-state index in [2.05, 4.69) is 41.5 Å². The lowest BCUT2D eigenvalue weighted by Gasteiger charge is -2.26. The van der Waals surface area contributed by atoms with Gasteiger partial charge in [-0.1, -0.05) is 92.9 Å². The van der Waals surface area contributed by atoms with Gasteiger partial charge >= 0.3 is 0 Å². The van der Waals surface area contributed by atoms with Crippen LogP contribution in [0.25, 0.3) is 0 Å². The molecule has 0 N–H and O–H groups in total. The standard InChI is InChI=1S/C19H40/c1-7-17(8-2)13-11-15-19(5,6)16-12-14-18(9-3)10-4/h17-18H,7-16H2,1-6H3. The molecule has 0 radical (unpaired) electrons. The highest BCUT2D eigenvalue weighted by atomic mass is 14.2. The van der Waals surface area contributed by atoms with Gasteiger partial charge in [-0.3, -0.25) is 0 Å². The summed E-state index contributed by atoms with van der Waals surface area (Å²) in [6.45, 7) is 14.3. The van der Waals surface area contributed by atoms with Gasteiger partial charge in [0.2, 0.25) is 0 Å². The van der Waals surface area contributed by atoms with Gasteiger partial charge in [0.15, 0.2) is 0 Å². The maximum absolute atomic E-state index is 2.48. The molecule has 0 spiro atoms. The minimum Gasteiger partial charge on any atom is -0.0651 e. The molecule has 0 heterocycles. The van der Waals surface area contributed by atoms with Crippen molar-refractivity contribution < 1.29 is 0 Å². The van der Waals surface area contributed by atoms with Crippen LogP contribution in [0, 0.1) is 17.3 Å². The number of hydrogen-bond donors (Lipinski definition) is 0. The van der Waals surface area contributed by atoms with E-state index < -0.39 is 0 Å². The molecule has 0 aliphatic rings. The summed E-state index contributed by atoms with van der Waals surface area (Å²) in [5.41, 5.74) is 0.568. The average Bonchev–Trinajstić information content (AvgIpc) is 2.39. The second-order valence-electron chi connectivity index (χ2n) is 7.31. The largest absolute Gasteiger partial charge is 0.0651 e. The molecule has 0 rings (SSSR count). The highest BCUT2D eigenvalue weighted by Gasteiger charge is 2.18. The summed E-state index contributed by atoms with van der Waals surface area (Å²) < 4.78 is 0. The van der Waals surface area contributed by atoms with Gasteiger partial charge in [-0.2, -0.15) is 0 Å². The monoisotopic (exact) mass is 268 g/mol. The van der Waals surface area contributed by atoms with Crippen LogP contribution in [0.4, 0.5) is 0 Å². The third-order valence-electron chi connectivity index (χ3n) is 5.24. The SMILES string of the molecule is CCC(CC)CCCC(C)(C)CCCC(CC)CC. The summed E-state index contributed by atoms with van der Waals surface area (Å²) in [5, 5.41) is 0. The van der Waals surface area contributed by atoms with E-state index in [4.69, 9.17) is 0 Å². The minimum atomic E-state index is 0.568. The number of hydrogen-bond acceptors (Lipinski definition) is 0. The Morgan fingerprint density at radius 2 is 0.947 bits per heavy atom. The summed E-state index contributed by atoms with van der Waals surface area (Å²) in [5.74, 6) is 1.95. The van der Waals surface area contributed by atoms with Crippen molar-refractivity contribution in [1.29, 1.82) is 0 Å². The Labute approximate surface area is 123 Å². The van der Waals surface area contributed by atoms with Crippen LogP contribution in [-0.2, 0) is 0 Å². The highest BCUT2D eigenvalue weighted by Crippen LogP contribution is 2.32. The normalized spacial score (nSPS) is 12.6. The Morgan fingerprint density at radius 3 is 1.21 bits per heavy atom. The lowest BCUT2D eigenvalue weighted by atomic mass is 9.80. The molecular formula is C19H40. The second-order valence-corrected chi connectivity index (χ2v) is 7.31. The van der Waals surface area contributed by atoms with E-state index in [1.54, 1.807) is 0 Å². The van der Waals surface area contributed by atoms with Crippen molar-refractivity contribution in [3.63, 3.8) is 0 Å². The Kier molecular flexibility index (Phi) is 10.7. The van der Waals surface area contributed by atoms with Gasteiger partial charge in [0.25, 0.3) is 0 Å². The fourth-order valence-corrected chi connectivity index (χ4v) is 3.26. The smallest absolute Gasteiger partial charge is 0.0354 e. The Morgan fingerprint density at radius 1 is 0.632 bits per heavy atom. The molecule has 0 aromatic carbocycles. The van der Waals surface area contributed by atoms with Gasteiger partial charge in [0.05, 0.1) is 0 Å². The predicted molar refractivity (Wildman–Crippen MR) is 89.6 cm³/mol. The first kappa shape index (κ1) is 19.0. The van der Waals surface area contributed by atoms with Crippen molar-refractivity contribution in [2.45, 2.75) is 106 Å². The summed E-state index contributed by atoms with van der Waals surface area (Å²) in [7, 11) is 0. The van der Waals surface area contributed by atoms with Crippen LogP contribution in [0.5, 0.6) is 0 Å². The molecule has 0 fully saturated rings. The quantitative estimate of drug-likeness (QED) is 0.350. The minimum absolute atomic E-state index is 0.568. The zero-order chi connectivity index (χ0) is 14.7. The zero-order valence-electron chi connectivity index (χ0n) is 14.7. The Hall–Kier alpha value is 0. The van der Waals surface area contributed by atoms with E-state index in [-0.39, 0.29) is 0 Å². The molecule has 0 atom stereocenters. The summed E-state index contributed by atoms with van der Waals surface area (Å²) in [6, 6.07) is 0. The lowest BCUT2D eigenvalue weighted by Crippen LogP contribution is -2.13. The molecule has 0 bridgehead atoms. The fourth-order valence-electron chi connectivity index (χ4n) is 3.26. The molecule has 0 saturated carbocycles. The van der Waals surface area contributed by atoms with Gasteiger partial charge in [0.1, 0.15) is 0 Å². The molecule has 0 heteroatoms. The van der Waals surface area contributed by atoms with Crippen LogP contribution in [0.3, 0.4) is 0 Å². The van der Waals surface area contributed by atoms with Crippen LogP contribution >= 0.6 is 0 Å². The predicted octanol–water partition coefficient (Wildman–Crippen LogP) is 7.23. The van der Waals surface area contributed by atoms with Gasteiger partial charge in [-0.05, 0) is 30.1 Å². The first-order valence-corrected chi connectivity index (χ1v) is 8.99. The van der Waals surface area contributed by atoms with Gasteiger partial charge in [-0.15, -0.1) is 0 Å². The first-order chi connectivity index (χ1) is 8.99. The molecule has 0 aliphatic heterocycles. The second kappa shape index (κ2) is 10.7. The summed E-state index contributed by atoms with van der Waals surface area (Å²) in [4.78, 5) is 0. The summed E-state index contributed by atoms with van der Waals surface area (Å²) in [6.07, 6.45) is 14.1. The van der Waals surface area contributed by atoms with E-state index >= 15 is 0 Å². The molecule has 0 aromatic heterocycles.